The van der Waals surface area contributed by atoms with E-state index in [1.54, 1.807) is 0 Å². The van der Waals surface area contributed by atoms with Crippen LogP contribution in [0.3, 0.4) is 0 Å². The highest BCUT2D eigenvalue weighted by molar-refractivity contribution is 6.61. The van der Waals surface area contributed by atoms with Crippen LogP contribution in [0.5, 0.6) is 0 Å². The van der Waals surface area contributed by atoms with E-state index >= 15 is 0 Å². The Morgan fingerprint density at radius 3 is 2.16 bits per heavy atom. The Kier molecular flexibility index (Phi) is 6.94. The van der Waals surface area contributed by atoms with Gasteiger partial charge in [-0.3, -0.25) is 9.69 Å². The minimum atomic E-state index is -2.73. The first kappa shape index (κ1) is 16.6. The zero-order chi connectivity index (χ0) is 14.3. The third-order valence-electron chi connectivity index (χ3n) is 3.18. The minimum absolute atomic E-state index is 0.215. The lowest BCUT2D eigenvalue weighted by Crippen LogP contribution is -2.57. The van der Waals surface area contributed by atoms with Crippen LogP contribution < -0.4 is 5.73 Å². The van der Waals surface area contributed by atoms with Crippen LogP contribution in [0.4, 0.5) is 0 Å². The fourth-order valence-electron chi connectivity index (χ4n) is 2.51. The maximum atomic E-state index is 11.4. The maximum absolute atomic E-state index is 11.4. The molecule has 0 bridgehead atoms. The van der Waals surface area contributed by atoms with Crippen molar-refractivity contribution in [2.75, 3.05) is 32.5 Å². The van der Waals surface area contributed by atoms with Gasteiger partial charge in [-0.2, -0.15) is 0 Å². The quantitative estimate of drug-likeness (QED) is 0.627. The lowest BCUT2D eigenvalue weighted by Gasteiger charge is -2.33. The predicted molar refractivity (Wildman–Crippen MR) is 74.4 cm³/mol. The van der Waals surface area contributed by atoms with Crippen LogP contribution in [0.15, 0.2) is 0 Å². The molecule has 0 aliphatic carbocycles. The van der Waals surface area contributed by atoms with Crippen LogP contribution in [0.25, 0.3) is 0 Å². The number of nitrogens with zero attached hydrogens (tertiary/aromatic N) is 1. The Balaban J connectivity index is 2.76. The molecular weight excluding hydrogens is 264 g/mol. The molecule has 1 aliphatic rings. The molecule has 6 nitrogen and oxygen atoms in total. The van der Waals surface area contributed by atoms with Crippen molar-refractivity contribution >= 4 is 14.7 Å². The summed E-state index contributed by atoms with van der Waals surface area (Å²) in [5.41, 5.74) is 5.44. The highest BCUT2D eigenvalue weighted by Gasteiger charge is 2.45. The zero-order valence-electron chi connectivity index (χ0n) is 12.2. The van der Waals surface area contributed by atoms with Crippen LogP contribution in [0.2, 0.25) is 0 Å². The van der Waals surface area contributed by atoms with Gasteiger partial charge in [-0.05, 0) is 40.2 Å². The summed E-state index contributed by atoms with van der Waals surface area (Å²) in [6.45, 7) is 8.25. The van der Waals surface area contributed by atoms with Crippen molar-refractivity contribution in [3.8, 4) is 0 Å². The van der Waals surface area contributed by atoms with Crippen molar-refractivity contribution in [3.05, 3.63) is 0 Å². The van der Waals surface area contributed by atoms with Crippen molar-refractivity contribution in [1.82, 2.24) is 4.90 Å². The fraction of sp³-hybridized carbons (Fsp3) is 0.917. The van der Waals surface area contributed by atoms with Gasteiger partial charge in [0.15, 0.2) is 0 Å². The average Bonchev–Trinajstić information content (AvgIpc) is 2.78. The van der Waals surface area contributed by atoms with Crippen LogP contribution in [-0.2, 0) is 18.1 Å². The Morgan fingerprint density at radius 1 is 1.21 bits per heavy atom. The summed E-state index contributed by atoms with van der Waals surface area (Å²) in [6.07, 6.45) is 2.32. The van der Waals surface area contributed by atoms with E-state index in [-0.39, 0.29) is 11.9 Å². The number of hydrogen-bond acceptors (Lipinski definition) is 5. The molecule has 0 saturated carbocycles. The number of rotatable bonds is 9. The lowest BCUT2D eigenvalue weighted by atomic mass is 10.2. The molecule has 0 aromatic carbocycles. The first-order valence-corrected chi connectivity index (χ1v) is 8.97. The summed E-state index contributed by atoms with van der Waals surface area (Å²) >= 11 is 0. The highest BCUT2D eigenvalue weighted by Crippen LogP contribution is 2.21. The SMILES string of the molecule is CCO[Si](CN1CCCC1C(N)=O)(OCC)OCC. The van der Waals surface area contributed by atoms with Crippen LogP contribution in [0, 0.1) is 0 Å². The van der Waals surface area contributed by atoms with Gasteiger partial charge in [0, 0.05) is 19.8 Å². The first-order chi connectivity index (χ1) is 9.08. The van der Waals surface area contributed by atoms with Gasteiger partial charge in [0.2, 0.25) is 5.91 Å². The molecule has 1 rings (SSSR count). The van der Waals surface area contributed by atoms with Crippen molar-refractivity contribution in [1.29, 1.82) is 0 Å². The Bertz CT molecular complexity index is 274. The molecular formula is C12H26N2O4Si. The third kappa shape index (κ3) is 4.53. The van der Waals surface area contributed by atoms with Gasteiger partial charge in [0.25, 0.3) is 0 Å². The van der Waals surface area contributed by atoms with E-state index < -0.39 is 8.80 Å². The molecule has 1 saturated heterocycles. The lowest BCUT2D eigenvalue weighted by molar-refractivity contribution is -0.122. The fourth-order valence-corrected chi connectivity index (χ4v) is 5.23. The molecule has 7 heteroatoms. The number of primary amides is 1. The molecule has 1 fully saturated rings. The van der Waals surface area contributed by atoms with Gasteiger partial charge in [0.1, 0.15) is 0 Å². The topological polar surface area (TPSA) is 74.0 Å². The van der Waals surface area contributed by atoms with Crippen molar-refractivity contribution in [3.63, 3.8) is 0 Å². The molecule has 1 atom stereocenters. The molecule has 1 heterocycles. The second kappa shape index (κ2) is 7.96. The van der Waals surface area contributed by atoms with Crippen LogP contribution >= 0.6 is 0 Å². The summed E-state index contributed by atoms with van der Waals surface area (Å²) in [5.74, 6) is -0.273. The van der Waals surface area contributed by atoms with Gasteiger partial charge < -0.3 is 19.0 Å². The molecule has 1 unspecified atom stereocenters. The molecule has 0 aromatic heterocycles. The molecule has 19 heavy (non-hydrogen) atoms. The first-order valence-electron chi connectivity index (χ1n) is 7.03. The Hall–Kier alpha value is -0.473. The normalized spacial score (nSPS) is 20.9. The van der Waals surface area contributed by atoms with Crippen molar-refractivity contribution in [2.45, 2.75) is 39.7 Å². The predicted octanol–water partition coefficient (Wildman–Crippen LogP) is 0.524. The van der Waals surface area contributed by atoms with E-state index in [1.165, 1.54) is 0 Å². The van der Waals surface area contributed by atoms with Crippen molar-refractivity contribution in [2.24, 2.45) is 5.73 Å². The van der Waals surface area contributed by atoms with Crippen LogP contribution in [0.1, 0.15) is 33.6 Å². The molecule has 1 amide bonds. The molecule has 2 N–H and O–H groups in total. The molecule has 112 valence electrons. The van der Waals surface area contributed by atoms with E-state index in [0.29, 0.717) is 26.0 Å². The average molecular weight is 290 g/mol. The van der Waals surface area contributed by atoms with E-state index in [9.17, 15) is 4.79 Å². The van der Waals surface area contributed by atoms with E-state index in [4.69, 9.17) is 19.0 Å². The summed E-state index contributed by atoms with van der Waals surface area (Å²) in [6, 6.07) is -0.215. The monoisotopic (exact) mass is 290 g/mol. The number of amides is 1. The smallest absolute Gasteiger partial charge is 0.373 e. The van der Waals surface area contributed by atoms with E-state index in [1.807, 2.05) is 20.8 Å². The van der Waals surface area contributed by atoms with E-state index in [0.717, 1.165) is 19.4 Å². The standard InChI is InChI=1S/C12H26N2O4Si/c1-4-16-19(17-5-2,18-6-3)10-14-9-7-8-11(14)12(13)15/h11H,4-10H2,1-3H3,(H2,13,15). The number of hydrogen-bond donors (Lipinski definition) is 1. The van der Waals surface area contributed by atoms with Gasteiger partial charge in [-0.15, -0.1) is 0 Å². The Labute approximate surface area is 116 Å². The van der Waals surface area contributed by atoms with Crippen LogP contribution in [-0.4, -0.2) is 58.2 Å². The Morgan fingerprint density at radius 2 is 1.74 bits per heavy atom. The largest absolute Gasteiger partial charge is 0.515 e. The summed E-state index contributed by atoms with van der Waals surface area (Å²) in [4.78, 5) is 13.5. The van der Waals surface area contributed by atoms with Gasteiger partial charge >= 0.3 is 8.80 Å². The van der Waals surface area contributed by atoms with E-state index in [2.05, 4.69) is 4.90 Å². The summed E-state index contributed by atoms with van der Waals surface area (Å²) < 4.78 is 17.4. The number of nitrogens with two attached hydrogens (primary N) is 1. The second-order valence-corrected chi connectivity index (χ2v) is 7.06. The number of carbonyl (C=O) groups excluding carboxylic acids is 1. The summed E-state index contributed by atoms with van der Waals surface area (Å²) in [7, 11) is -2.73. The maximum Gasteiger partial charge on any atom is 0.515 e. The molecule has 0 radical (unpaired) electrons. The van der Waals surface area contributed by atoms with Crippen molar-refractivity contribution < 1.29 is 18.1 Å². The number of likely N-dealkylation sites (tertiary alicyclic amines) is 1. The third-order valence-corrected chi connectivity index (χ3v) is 6.16. The van der Waals surface area contributed by atoms with Gasteiger partial charge in [0.05, 0.1) is 12.2 Å². The molecule has 1 aliphatic heterocycles. The van der Waals surface area contributed by atoms with Gasteiger partial charge in [-0.25, -0.2) is 0 Å². The molecule has 0 aromatic rings. The minimum Gasteiger partial charge on any atom is -0.373 e. The highest BCUT2D eigenvalue weighted by atomic mass is 28.4. The van der Waals surface area contributed by atoms with Gasteiger partial charge in [-0.1, -0.05) is 0 Å². The number of carbonyl (C=O) groups is 1. The zero-order valence-corrected chi connectivity index (χ0v) is 13.2. The second-order valence-electron chi connectivity index (χ2n) is 4.51. The summed E-state index contributed by atoms with van der Waals surface area (Å²) in [5, 5.41) is 0. The molecule has 0 spiro atoms.